The van der Waals surface area contributed by atoms with Crippen molar-refractivity contribution in [3.8, 4) is 0 Å². The maximum atomic E-state index is 13.3. The Labute approximate surface area is 147 Å². The summed E-state index contributed by atoms with van der Waals surface area (Å²) in [5.41, 5.74) is 0.974. The second-order valence-corrected chi connectivity index (χ2v) is 6.77. The van der Waals surface area contributed by atoms with Crippen molar-refractivity contribution in [2.24, 2.45) is 5.92 Å². The van der Waals surface area contributed by atoms with Gasteiger partial charge in [-0.15, -0.1) is 0 Å². The summed E-state index contributed by atoms with van der Waals surface area (Å²) >= 11 is 0. The molecule has 1 saturated carbocycles. The van der Waals surface area contributed by atoms with Gasteiger partial charge in [0.25, 0.3) is 0 Å². The van der Waals surface area contributed by atoms with E-state index in [0.29, 0.717) is 19.5 Å². The standard InChI is InChI=1S/C19H26F2N2O2/c1-14(24)13-22-12-9-17(15-5-3-2-4-6-15)23-18(25)16-7-10-19(20,21)11-8-16/h2-6,16-17,22H,7-13H2,1H3,(H,23,25). The Morgan fingerprint density at radius 1 is 1.20 bits per heavy atom. The normalized spacial score (nSPS) is 18.5. The molecule has 2 N–H and O–H groups in total. The molecule has 0 aliphatic heterocycles. The van der Waals surface area contributed by atoms with Crippen LogP contribution in [0.25, 0.3) is 0 Å². The van der Waals surface area contributed by atoms with Gasteiger partial charge in [0, 0.05) is 18.8 Å². The lowest BCUT2D eigenvalue weighted by molar-refractivity contribution is -0.130. The van der Waals surface area contributed by atoms with Gasteiger partial charge in [-0.2, -0.15) is 0 Å². The first-order valence-electron chi connectivity index (χ1n) is 8.81. The molecule has 0 bridgehead atoms. The van der Waals surface area contributed by atoms with Crippen LogP contribution < -0.4 is 10.6 Å². The van der Waals surface area contributed by atoms with E-state index in [1.54, 1.807) is 0 Å². The Morgan fingerprint density at radius 3 is 2.44 bits per heavy atom. The van der Waals surface area contributed by atoms with E-state index in [-0.39, 0.29) is 49.3 Å². The van der Waals surface area contributed by atoms with Crippen molar-refractivity contribution in [3.63, 3.8) is 0 Å². The second kappa shape index (κ2) is 9.04. The summed E-state index contributed by atoms with van der Waals surface area (Å²) in [7, 11) is 0. The number of nitrogens with one attached hydrogen (secondary N) is 2. The largest absolute Gasteiger partial charge is 0.349 e. The summed E-state index contributed by atoms with van der Waals surface area (Å²) in [6, 6.07) is 9.38. The highest BCUT2D eigenvalue weighted by molar-refractivity contribution is 5.79. The molecule has 1 aliphatic carbocycles. The third-order valence-electron chi connectivity index (χ3n) is 4.59. The SMILES string of the molecule is CC(=O)CNCCC(NC(=O)C1CCC(F)(F)CC1)c1ccccc1. The Hall–Kier alpha value is -1.82. The van der Waals surface area contributed by atoms with Gasteiger partial charge in [0.1, 0.15) is 5.78 Å². The molecule has 25 heavy (non-hydrogen) atoms. The van der Waals surface area contributed by atoms with Crippen molar-refractivity contribution in [1.82, 2.24) is 10.6 Å². The molecule has 1 aromatic carbocycles. The topological polar surface area (TPSA) is 58.2 Å². The predicted octanol–water partition coefficient (Wildman–Crippen LogP) is 3.24. The summed E-state index contributed by atoms with van der Waals surface area (Å²) in [5.74, 6) is -3.08. The Bertz CT molecular complexity index is 568. The summed E-state index contributed by atoms with van der Waals surface area (Å²) < 4.78 is 26.5. The lowest BCUT2D eigenvalue weighted by atomic mass is 9.86. The van der Waals surface area contributed by atoms with Crippen LogP contribution in [-0.2, 0) is 9.59 Å². The highest BCUT2D eigenvalue weighted by atomic mass is 19.3. The molecule has 0 radical (unpaired) electrons. The van der Waals surface area contributed by atoms with Crippen molar-refractivity contribution in [3.05, 3.63) is 35.9 Å². The molecule has 1 unspecified atom stereocenters. The summed E-state index contributed by atoms with van der Waals surface area (Å²) in [6.07, 6.45) is 0.639. The third-order valence-corrected chi connectivity index (χ3v) is 4.59. The molecule has 1 aromatic rings. The van der Waals surface area contributed by atoms with E-state index in [1.807, 2.05) is 30.3 Å². The number of alkyl halides is 2. The number of amides is 1. The first-order valence-corrected chi connectivity index (χ1v) is 8.81. The Balaban J connectivity index is 1.93. The maximum Gasteiger partial charge on any atom is 0.248 e. The molecule has 1 amide bonds. The second-order valence-electron chi connectivity index (χ2n) is 6.77. The molecule has 1 aliphatic rings. The molecule has 6 heteroatoms. The van der Waals surface area contributed by atoms with Crippen LogP contribution >= 0.6 is 0 Å². The first-order chi connectivity index (χ1) is 11.9. The van der Waals surface area contributed by atoms with Gasteiger partial charge in [-0.05, 0) is 38.3 Å². The molecule has 4 nitrogen and oxygen atoms in total. The van der Waals surface area contributed by atoms with Gasteiger partial charge in [0.2, 0.25) is 11.8 Å². The van der Waals surface area contributed by atoms with E-state index in [2.05, 4.69) is 10.6 Å². The molecule has 0 aromatic heterocycles. The van der Waals surface area contributed by atoms with Gasteiger partial charge in [0.05, 0.1) is 12.6 Å². The average molecular weight is 352 g/mol. The van der Waals surface area contributed by atoms with Crippen LogP contribution in [0.3, 0.4) is 0 Å². The predicted molar refractivity (Wildman–Crippen MR) is 92.4 cm³/mol. The van der Waals surface area contributed by atoms with Crippen LogP contribution in [0.15, 0.2) is 30.3 Å². The zero-order valence-corrected chi connectivity index (χ0v) is 14.6. The number of rotatable bonds is 8. The van der Waals surface area contributed by atoms with Gasteiger partial charge in [0.15, 0.2) is 0 Å². The Morgan fingerprint density at radius 2 is 1.84 bits per heavy atom. The molecular weight excluding hydrogens is 326 g/mol. The van der Waals surface area contributed by atoms with E-state index < -0.39 is 5.92 Å². The van der Waals surface area contributed by atoms with Crippen molar-refractivity contribution in [2.45, 2.75) is 51.0 Å². The number of carbonyl (C=O) groups excluding carboxylic acids is 2. The van der Waals surface area contributed by atoms with Crippen LogP contribution in [0.5, 0.6) is 0 Å². The van der Waals surface area contributed by atoms with Crippen LogP contribution in [0.1, 0.15) is 50.6 Å². The smallest absolute Gasteiger partial charge is 0.248 e. The number of ketones is 1. The quantitative estimate of drug-likeness (QED) is 0.706. The fourth-order valence-electron chi connectivity index (χ4n) is 3.11. The summed E-state index contributed by atoms with van der Waals surface area (Å²) in [4.78, 5) is 23.5. The van der Waals surface area contributed by atoms with E-state index >= 15 is 0 Å². The van der Waals surface area contributed by atoms with Gasteiger partial charge >= 0.3 is 0 Å². The monoisotopic (exact) mass is 352 g/mol. The number of Topliss-reactive ketones (excluding diaryl/α,β-unsaturated/α-hetero) is 1. The zero-order chi connectivity index (χ0) is 18.3. The number of benzene rings is 1. The average Bonchev–Trinajstić information content (AvgIpc) is 2.58. The number of carbonyl (C=O) groups is 2. The van der Waals surface area contributed by atoms with Gasteiger partial charge in [-0.25, -0.2) is 8.78 Å². The minimum absolute atomic E-state index is 0.0587. The van der Waals surface area contributed by atoms with Crippen molar-refractivity contribution < 1.29 is 18.4 Å². The first kappa shape index (κ1) is 19.5. The highest BCUT2D eigenvalue weighted by Gasteiger charge is 2.37. The fraction of sp³-hybridized carbons (Fsp3) is 0.579. The van der Waals surface area contributed by atoms with Gasteiger partial charge < -0.3 is 10.6 Å². The Kier molecular flexibility index (Phi) is 7.05. The fourth-order valence-corrected chi connectivity index (χ4v) is 3.11. The van der Waals surface area contributed by atoms with E-state index in [9.17, 15) is 18.4 Å². The van der Waals surface area contributed by atoms with E-state index in [1.165, 1.54) is 6.92 Å². The van der Waals surface area contributed by atoms with Crippen molar-refractivity contribution in [1.29, 1.82) is 0 Å². The van der Waals surface area contributed by atoms with Crippen molar-refractivity contribution in [2.75, 3.05) is 13.1 Å². The molecular formula is C19H26F2N2O2. The number of hydrogen-bond donors (Lipinski definition) is 2. The molecule has 2 rings (SSSR count). The molecule has 138 valence electrons. The molecule has 0 spiro atoms. The molecule has 0 saturated heterocycles. The van der Waals surface area contributed by atoms with Crippen molar-refractivity contribution >= 4 is 11.7 Å². The summed E-state index contributed by atoms with van der Waals surface area (Å²) in [6.45, 7) is 2.40. The maximum absolute atomic E-state index is 13.3. The molecule has 1 atom stereocenters. The molecule has 0 heterocycles. The third kappa shape index (κ3) is 6.53. The lowest BCUT2D eigenvalue weighted by Gasteiger charge is -2.29. The van der Waals surface area contributed by atoms with Crippen LogP contribution in [0, 0.1) is 5.92 Å². The number of hydrogen-bond acceptors (Lipinski definition) is 3. The summed E-state index contributed by atoms with van der Waals surface area (Å²) in [5, 5.41) is 6.06. The lowest BCUT2D eigenvalue weighted by Crippen LogP contribution is -2.38. The van der Waals surface area contributed by atoms with E-state index in [0.717, 1.165) is 5.56 Å². The van der Waals surface area contributed by atoms with Gasteiger partial charge in [-0.1, -0.05) is 30.3 Å². The van der Waals surface area contributed by atoms with E-state index in [4.69, 9.17) is 0 Å². The number of halogens is 2. The minimum Gasteiger partial charge on any atom is -0.349 e. The molecule has 1 fully saturated rings. The van der Waals surface area contributed by atoms with Crippen LogP contribution in [-0.4, -0.2) is 30.7 Å². The zero-order valence-electron chi connectivity index (χ0n) is 14.6. The van der Waals surface area contributed by atoms with Gasteiger partial charge in [-0.3, -0.25) is 9.59 Å². The van der Waals surface area contributed by atoms with Crippen LogP contribution in [0.2, 0.25) is 0 Å². The minimum atomic E-state index is -2.63. The highest BCUT2D eigenvalue weighted by Crippen LogP contribution is 2.36. The van der Waals surface area contributed by atoms with Crippen LogP contribution in [0.4, 0.5) is 8.78 Å².